The van der Waals surface area contributed by atoms with E-state index in [1.807, 2.05) is 0 Å². The summed E-state index contributed by atoms with van der Waals surface area (Å²) in [6, 6.07) is 0.896. The summed E-state index contributed by atoms with van der Waals surface area (Å²) in [6.07, 6.45) is 4.28. The summed E-state index contributed by atoms with van der Waals surface area (Å²) in [4.78, 5) is 2.76. The molecule has 1 aliphatic carbocycles. The van der Waals surface area contributed by atoms with Gasteiger partial charge in [0, 0.05) is 12.6 Å². The van der Waals surface area contributed by atoms with Crippen molar-refractivity contribution in [1.29, 1.82) is 0 Å². The van der Waals surface area contributed by atoms with Gasteiger partial charge in [-0.25, -0.2) is 0 Å². The molecule has 2 heteroatoms. The quantitative estimate of drug-likeness (QED) is 0.766. The Kier molecular flexibility index (Phi) is 3.68. The zero-order valence-electron chi connectivity index (χ0n) is 10.5. The van der Waals surface area contributed by atoms with Gasteiger partial charge in [-0.15, -0.1) is 0 Å². The Labute approximate surface area is 94.4 Å². The summed E-state index contributed by atoms with van der Waals surface area (Å²) < 4.78 is 0. The molecule has 1 aliphatic heterocycles. The topological polar surface area (TPSA) is 15.3 Å². The Bertz CT molecular complexity index is 205. The smallest absolute Gasteiger partial charge is 0.0136 e. The number of nitrogens with zero attached hydrogens (tertiary/aromatic N) is 1. The molecule has 2 fully saturated rings. The third-order valence-corrected chi connectivity index (χ3v) is 4.68. The molecule has 4 unspecified atom stereocenters. The Balaban J connectivity index is 1.84. The molecule has 2 aliphatic rings. The molecule has 0 bridgehead atoms. The second kappa shape index (κ2) is 4.84. The molecular weight excluding hydrogens is 184 g/mol. The monoisotopic (exact) mass is 210 g/mol. The van der Waals surface area contributed by atoms with E-state index < -0.39 is 0 Å². The first kappa shape index (κ1) is 11.4. The van der Waals surface area contributed by atoms with Gasteiger partial charge >= 0.3 is 0 Å². The Morgan fingerprint density at radius 2 is 1.93 bits per heavy atom. The van der Waals surface area contributed by atoms with Crippen molar-refractivity contribution in [2.45, 2.75) is 39.2 Å². The molecule has 0 spiro atoms. The van der Waals surface area contributed by atoms with Crippen molar-refractivity contribution in [3.05, 3.63) is 0 Å². The van der Waals surface area contributed by atoms with Gasteiger partial charge < -0.3 is 5.32 Å². The van der Waals surface area contributed by atoms with E-state index >= 15 is 0 Å². The maximum atomic E-state index is 3.33. The molecule has 1 heterocycles. The van der Waals surface area contributed by atoms with Crippen LogP contribution in [-0.4, -0.2) is 37.6 Å². The fraction of sp³-hybridized carbons (Fsp3) is 1.00. The van der Waals surface area contributed by atoms with Crippen LogP contribution in [0.15, 0.2) is 0 Å². The summed E-state index contributed by atoms with van der Waals surface area (Å²) in [5.74, 6) is 2.76. The van der Waals surface area contributed by atoms with Gasteiger partial charge in [0.25, 0.3) is 0 Å². The van der Waals surface area contributed by atoms with Gasteiger partial charge in [0.2, 0.25) is 0 Å². The molecule has 15 heavy (non-hydrogen) atoms. The molecule has 0 aromatic carbocycles. The first-order valence-corrected chi connectivity index (χ1v) is 6.61. The van der Waals surface area contributed by atoms with Crippen molar-refractivity contribution in [1.82, 2.24) is 10.2 Å². The summed E-state index contributed by atoms with van der Waals surface area (Å²) in [7, 11) is 2.08. The number of piperidine rings is 1. The van der Waals surface area contributed by atoms with Gasteiger partial charge in [-0.05, 0) is 57.2 Å². The second-order valence-electron chi connectivity index (χ2n) is 5.70. The molecule has 88 valence electrons. The summed E-state index contributed by atoms with van der Waals surface area (Å²) in [5, 5.41) is 3.33. The SMILES string of the molecule is CNCC1CCC1N1CCC(C)C(C)C1. The first-order valence-electron chi connectivity index (χ1n) is 6.61. The average Bonchev–Trinajstić information content (AvgIpc) is 2.18. The average molecular weight is 210 g/mol. The molecule has 0 radical (unpaired) electrons. The molecule has 1 saturated heterocycles. The molecule has 1 saturated carbocycles. The molecule has 1 N–H and O–H groups in total. The van der Waals surface area contributed by atoms with E-state index in [9.17, 15) is 0 Å². The van der Waals surface area contributed by atoms with Crippen molar-refractivity contribution in [3.8, 4) is 0 Å². The van der Waals surface area contributed by atoms with Gasteiger partial charge in [0.05, 0.1) is 0 Å². The van der Waals surface area contributed by atoms with E-state index in [4.69, 9.17) is 0 Å². The maximum Gasteiger partial charge on any atom is 0.0136 e. The van der Waals surface area contributed by atoms with Crippen molar-refractivity contribution in [2.24, 2.45) is 17.8 Å². The van der Waals surface area contributed by atoms with E-state index in [2.05, 4.69) is 31.1 Å². The van der Waals surface area contributed by atoms with Crippen molar-refractivity contribution in [3.63, 3.8) is 0 Å². The predicted molar refractivity (Wildman–Crippen MR) is 65.0 cm³/mol. The van der Waals surface area contributed by atoms with Crippen LogP contribution in [0, 0.1) is 17.8 Å². The maximum absolute atomic E-state index is 3.33. The summed E-state index contributed by atoms with van der Waals surface area (Å²) >= 11 is 0. The van der Waals surface area contributed by atoms with E-state index in [1.165, 1.54) is 38.9 Å². The number of nitrogens with one attached hydrogen (secondary N) is 1. The molecule has 0 amide bonds. The highest BCUT2D eigenvalue weighted by atomic mass is 15.2. The van der Waals surface area contributed by atoms with Gasteiger partial charge in [-0.1, -0.05) is 13.8 Å². The lowest BCUT2D eigenvalue weighted by atomic mass is 9.76. The lowest BCUT2D eigenvalue weighted by Crippen LogP contribution is -2.54. The molecule has 0 aromatic heterocycles. The van der Waals surface area contributed by atoms with Gasteiger partial charge in [-0.3, -0.25) is 4.90 Å². The predicted octanol–water partition coefficient (Wildman–Crippen LogP) is 1.96. The van der Waals surface area contributed by atoms with Gasteiger partial charge in [0.1, 0.15) is 0 Å². The van der Waals surface area contributed by atoms with E-state index in [0.29, 0.717) is 0 Å². The Morgan fingerprint density at radius 1 is 1.13 bits per heavy atom. The third kappa shape index (κ3) is 2.36. The lowest BCUT2D eigenvalue weighted by Gasteiger charge is -2.48. The van der Waals surface area contributed by atoms with Crippen LogP contribution < -0.4 is 5.32 Å². The third-order valence-electron chi connectivity index (χ3n) is 4.68. The normalized spacial score (nSPS) is 42.6. The molecule has 2 rings (SSSR count). The minimum atomic E-state index is 0.896. The van der Waals surface area contributed by atoms with Crippen molar-refractivity contribution >= 4 is 0 Å². The molecule has 4 atom stereocenters. The van der Waals surface area contributed by atoms with Crippen LogP contribution in [0.5, 0.6) is 0 Å². The first-order chi connectivity index (χ1) is 7.22. The zero-order chi connectivity index (χ0) is 10.8. The van der Waals surface area contributed by atoms with Crippen LogP contribution >= 0.6 is 0 Å². The number of likely N-dealkylation sites (tertiary alicyclic amines) is 1. The van der Waals surface area contributed by atoms with Crippen molar-refractivity contribution < 1.29 is 0 Å². The van der Waals surface area contributed by atoms with Gasteiger partial charge in [-0.2, -0.15) is 0 Å². The Hall–Kier alpha value is -0.0800. The van der Waals surface area contributed by atoms with Gasteiger partial charge in [0.15, 0.2) is 0 Å². The minimum absolute atomic E-state index is 0.896. The highest BCUT2D eigenvalue weighted by Crippen LogP contribution is 2.35. The van der Waals surface area contributed by atoms with E-state index in [-0.39, 0.29) is 0 Å². The number of hydrogen-bond donors (Lipinski definition) is 1. The fourth-order valence-corrected chi connectivity index (χ4v) is 3.13. The summed E-state index contributed by atoms with van der Waals surface area (Å²) in [6.45, 7) is 8.73. The van der Waals surface area contributed by atoms with E-state index in [1.54, 1.807) is 0 Å². The largest absolute Gasteiger partial charge is 0.319 e. The van der Waals surface area contributed by atoms with Crippen LogP contribution in [0.25, 0.3) is 0 Å². The van der Waals surface area contributed by atoms with Crippen LogP contribution in [0.1, 0.15) is 33.1 Å². The highest BCUT2D eigenvalue weighted by Gasteiger charge is 2.37. The molecule has 0 aromatic rings. The lowest BCUT2D eigenvalue weighted by molar-refractivity contribution is 0.0167. The van der Waals surface area contributed by atoms with Crippen LogP contribution in [0.4, 0.5) is 0 Å². The van der Waals surface area contributed by atoms with Crippen molar-refractivity contribution in [2.75, 3.05) is 26.7 Å². The van der Waals surface area contributed by atoms with Crippen LogP contribution in [0.2, 0.25) is 0 Å². The highest BCUT2D eigenvalue weighted by molar-refractivity contribution is 4.92. The molecule has 2 nitrogen and oxygen atoms in total. The standard InChI is InChI=1S/C13H26N2/c1-10-6-7-15(9-11(10)2)13-5-4-12(13)8-14-3/h10-14H,4-9H2,1-3H3. The summed E-state index contributed by atoms with van der Waals surface area (Å²) in [5.41, 5.74) is 0. The van der Waals surface area contributed by atoms with E-state index in [0.717, 1.165) is 23.8 Å². The number of rotatable bonds is 3. The Morgan fingerprint density at radius 3 is 2.47 bits per heavy atom. The minimum Gasteiger partial charge on any atom is -0.319 e. The second-order valence-corrected chi connectivity index (χ2v) is 5.70. The fourth-order valence-electron chi connectivity index (χ4n) is 3.13. The van der Waals surface area contributed by atoms with Crippen LogP contribution in [-0.2, 0) is 0 Å². The zero-order valence-corrected chi connectivity index (χ0v) is 10.5. The van der Waals surface area contributed by atoms with Crippen LogP contribution in [0.3, 0.4) is 0 Å². The molecular formula is C13H26N2. The number of hydrogen-bond acceptors (Lipinski definition) is 2.